The van der Waals surface area contributed by atoms with E-state index in [1.54, 1.807) is 60.7 Å². The van der Waals surface area contributed by atoms with Crippen LogP contribution in [0.4, 0.5) is 5.69 Å². The highest BCUT2D eigenvalue weighted by atomic mass is 35.5. The Kier molecular flexibility index (Phi) is 7.13. The fourth-order valence-electron chi connectivity index (χ4n) is 3.18. The molecule has 1 aliphatic carbocycles. The molecule has 34 heavy (non-hydrogen) atoms. The number of carbonyl (C=O) groups is 3. The van der Waals surface area contributed by atoms with E-state index in [0.717, 1.165) is 24.0 Å². The SMILES string of the molecule is Cc1cc(OCc2ccc(C(=O)NNC(=O)c3ccc(NC(=O)C4CC4)cc3)cc2)ccc1Cl. The van der Waals surface area contributed by atoms with Crippen molar-refractivity contribution in [3.05, 3.63) is 94.0 Å². The highest BCUT2D eigenvalue weighted by Gasteiger charge is 2.29. The molecule has 1 aliphatic rings. The second-order valence-corrected chi connectivity index (χ2v) is 8.55. The summed E-state index contributed by atoms with van der Waals surface area (Å²) in [6, 6.07) is 18.8. The largest absolute Gasteiger partial charge is 0.489 e. The lowest BCUT2D eigenvalue weighted by molar-refractivity contribution is -0.117. The Hall–Kier alpha value is -3.84. The quantitative estimate of drug-likeness (QED) is 0.431. The van der Waals surface area contributed by atoms with Gasteiger partial charge in [0.2, 0.25) is 5.91 Å². The fourth-order valence-corrected chi connectivity index (χ4v) is 3.30. The van der Waals surface area contributed by atoms with Crippen LogP contribution in [0.1, 0.15) is 44.7 Å². The normalized spacial score (nSPS) is 12.5. The smallest absolute Gasteiger partial charge is 0.269 e. The Balaban J connectivity index is 1.24. The van der Waals surface area contributed by atoms with Crippen LogP contribution in [0.5, 0.6) is 5.75 Å². The first-order valence-corrected chi connectivity index (χ1v) is 11.3. The molecule has 0 atom stereocenters. The van der Waals surface area contributed by atoms with Crippen LogP contribution in [0.2, 0.25) is 5.02 Å². The molecule has 0 spiro atoms. The minimum absolute atomic E-state index is 0.00197. The maximum Gasteiger partial charge on any atom is 0.269 e. The van der Waals surface area contributed by atoms with E-state index >= 15 is 0 Å². The van der Waals surface area contributed by atoms with Crippen LogP contribution in [0.25, 0.3) is 0 Å². The van der Waals surface area contributed by atoms with Crippen LogP contribution in [-0.2, 0) is 11.4 Å². The minimum atomic E-state index is -0.461. The predicted octanol–water partition coefficient (Wildman–Crippen LogP) is 4.65. The van der Waals surface area contributed by atoms with E-state index in [2.05, 4.69) is 16.2 Å². The number of aryl methyl sites for hydroxylation is 1. The predicted molar refractivity (Wildman–Crippen MR) is 130 cm³/mol. The van der Waals surface area contributed by atoms with E-state index in [1.807, 2.05) is 13.0 Å². The van der Waals surface area contributed by atoms with Gasteiger partial charge in [-0.05, 0) is 85.5 Å². The van der Waals surface area contributed by atoms with Gasteiger partial charge in [-0.25, -0.2) is 0 Å². The molecule has 174 valence electrons. The van der Waals surface area contributed by atoms with E-state index in [1.165, 1.54) is 0 Å². The van der Waals surface area contributed by atoms with E-state index < -0.39 is 11.8 Å². The van der Waals surface area contributed by atoms with Crippen LogP contribution in [0, 0.1) is 12.8 Å². The molecule has 0 heterocycles. The summed E-state index contributed by atoms with van der Waals surface area (Å²) in [6.45, 7) is 2.25. The molecule has 3 aromatic rings. The Labute approximate surface area is 202 Å². The lowest BCUT2D eigenvalue weighted by atomic mass is 10.1. The lowest BCUT2D eigenvalue weighted by Gasteiger charge is -2.10. The van der Waals surface area contributed by atoms with Crippen molar-refractivity contribution in [3.63, 3.8) is 0 Å². The lowest BCUT2D eigenvalue weighted by Crippen LogP contribution is -2.41. The van der Waals surface area contributed by atoms with Crippen LogP contribution in [-0.4, -0.2) is 17.7 Å². The number of anilines is 1. The molecular weight excluding hydrogens is 454 g/mol. The number of hydrazine groups is 1. The third-order valence-corrected chi connectivity index (χ3v) is 5.83. The van der Waals surface area contributed by atoms with E-state index in [0.29, 0.717) is 34.2 Å². The number of ether oxygens (including phenoxy) is 1. The van der Waals surface area contributed by atoms with E-state index in [9.17, 15) is 14.4 Å². The van der Waals surface area contributed by atoms with Crippen molar-refractivity contribution in [1.82, 2.24) is 10.9 Å². The molecule has 0 saturated heterocycles. The highest BCUT2D eigenvalue weighted by molar-refractivity contribution is 6.31. The standard InChI is InChI=1S/C26H24ClN3O4/c1-16-14-22(12-13-23(16)27)34-15-17-2-4-19(5-3-17)25(32)29-30-26(33)20-8-10-21(11-9-20)28-24(31)18-6-7-18/h2-5,8-14,18H,6-7,15H2,1H3,(H,28,31)(H,29,32)(H,30,33). The summed E-state index contributed by atoms with van der Waals surface area (Å²) in [5.74, 6) is -0.0847. The van der Waals surface area contributed by atoms with Crippen molar-refractivity contribution in [3.8, 4) is 5.75 Å². The molecule has 3 aromatic carbocycles. The average molecular weight is 478 g/mol. The molecule has 3 N–H and O–H groups in total. The van der Waals surface area contributed by atoms with Crippen LogP contribution < -0.4 is 20.9 Å². The second kappa shape index (κ2) is 10.4. The van der Waals surface area contributed by atoms with Gasteiger partial charge in [0.1, 0.15) is 12.4 Å². The zero-order chi connectivity index (χ0) is 24.1. The van der Waals surface area contributed by atoms with Crippen molar-refractivity contribution < 1.29 is 19.1 Å². The summed E-state index contributed by atoms with van der Waals surface area (Å²) in [7, 11) is 0. The van der Waals surface area contributed by atoms with Crippen LogP contribution in [0.3, 0.4) is 0 Å². The van der Waals surface area contributed by atoms with Crippen molar-refractivity contribution in [1.29, 1.82) is 0 Å². The number of amides is 3. The molecule has 1 fully saturated rings. The summed E-state index contributed by atoms with van der Waals surface area (Å²) < 4.78 is 5.76. The number of benzene rings is 3. The van der Waals surface area contributed by atoms with Crippen molar-refractivity contribution in [2.45, 2.75) is 26.4 Å². The molecule has 0 aliphatic heterocycles. The monoisotopic (exact) mass is 477 g/mol. The Morgan fingerprint density at radius 2 is 1.47 bits per heavy atom. The van der Waals surface area contributed by atoms with Crippen LogP contribution >= 0.6 is 11.6 Å². The molecular formula is C26H24ClN3O4. The number of hydrogen-bond acceptors (Lipinski definition) is 4. The number of hydrogen-bond donors (Lipinski definition) is 3. The summed E-state index contributed by atoms with van der Waals surface area (Å²) in [5.41, 5.74) is 8.01. The second-order valence-electron chi connectivity index (χ2n) is 8.15. The van der Waals surface area contributed by atoms with Gasteiger partial charge in [-0.1, -0.05) is 23.7 Å². The van der Waals surface area contributed by atoms with E-state index in [-0.39, 0.29) is 11.8 Å². The topological polar surface area (TPSA) is 96.5 Å². The van der Waals surface area contributed by atoms with Crippen molar-refractivity contribution in [2.75, 3.05) is 5.32 Å². The molecule has 0 unspecified atom stereocenters. The molecule has 4 rings (SSSR count). The van der Waals surface area contributed by atoms with Gasteiger partial charge in [-0.3, -0.25) is 25.2 Å². The average Bonchev–Trinajstić information content (AvgIpc) is 3.70. The molecule has 8 heteroatoms. The third-order valence-electron chi connectivity index (χ3n) is 5.40. The van der Waals surface area contributed by atoms with Crippen molar-refractivity contribution >= 4 is 35.0 Å². The maximum atomic E-state index is 12.4. The molecule has 3 amide bonds. The van der Waals surface area contributed by atoms with Gasteiger partial charge < -0.3 is 10.1 Å². The maximum absolute atomic E-state index is 12.4. The summed E-state index contributed by atoms with van der Waals surface area (Å²) in [6.07, 6.45) is 1.84. The molecule has 7 nitrogen and oxygen atoms in total. The van der Waals surface area contributed by atoms with Gasteiger partial charge in [0.25, 0.3) is 11.8 Å². The first kappa shape index (κ1) is 23.3. The molecule has 1 saturated carbocycles. The minimum Gasteiger partial charge on any atom is -0.489 e. The number of carbonyl (C=O) groups excluding carboxylic acids is 3. The zero-order valence-corrected chi connectivity index (χ0v) is 19.3. The van der Waals surface area contributed by atoms with E-state index in [4.69, 9.17) is 16.3 Å². The first-order valence-electron chi connectivity index (χ1n) is 10.9. The van der Waals surface area contributed by atoms with Gasteiger partial charge in [-0.15, -0.1) is 0 Å². The molecule has 0 aromatic heterocycles. The Morgan fingerprint density at radius 1 is 0.882 bits per heavy atom. The highest BCUT2D eigenvalue weighted by Crippen LogP contribution is 2.30. The van der Waals surface area contributed by atoms with Crippen molar-refractivity contribution in [2.24, 2.45) is 5.92 Å². The van der Waals surface area contributed by atoms with Gasteiger partial charge in [-0.2, -0.15) is 0 Å². The Bertz CT molecular complexity index is 1210. The number of halogens is 1. The van der Waals surface area contributed by atoms with Gasteiger partial charge in [0.05, 0.1) is 0 Å². The van der Waals surface area contributed by atoms with Gasteiger partial charge >= 0.3 is 0 Å². The first-order chi connectivity index (χ1) is 16.4. The zero-order valence-electron chi connectivity index (χ0n) is 18.6. The third kappa shape index (κ3) is 6.14. The van der Waals surface area contributed by atoms with Gasteiger partial charge in [0, 0.05) is 27.8 Å². The molecule has 0 bridgehead atoms. The Morgan fingerprint density at radius 3 is 2.03 bits per heavy atom. The summed E-state index contributed by atoms with van der Waals surface area (Å²) in [5, 5.41) is 3.50. The van der Waals surface area contributed by atoms with Gasteiger partial charge in [0.15, 0.2) is 0 Å². The fraction of sp³-hybridized carbons (Fsp3) is 0.192. The number of nitrogens with one attached hydrogen (secondary N) is 3. The van der Waals surface area contributed by atoms with Crippen LogP contribution in [0.15, 0.2) is 66.7 Å². The summed E-state index contributed by atoms with van der Waals surface area (Å²) in [4.78, 5) is 36.5. The molecule has 0 radical (unpaired) electrons. The number of rotatable bonds is 7. The summed E-state index contributed by atoms with van der Waals surface area (Å²) >= 11 is 6.03.